The van der Waals surface area contributed by atoms with E-state index in [-0.39, 0.29) is 53.0 Å². The molecule has 2 heterocycles. The van der Waals surface area contributed by atoms with Crippen LogP contribution in [0.1, 0.15) is 74.7 Å². The molecule has 1 N–H and O–H groups in total. The summed E-state index contributed by atoms with van der Waals surface area (Å²) in [7, 11) is 1.69. The smallest absolute Gasteiger partial charge is 0.407 e. The molecule has 0 bridgehead atoms. The van der Waals surface area contributed by atoms with Crippen LogP contribution < -0.4 is 5.32 Å². The van der Waals surface area contributed by atoms with Gasteiger partial charge in [0.15, 0.2) is 0 Å². The van der Waals surface area contributed by atoms with Gasteiger partial charge in [0, 0.05) is 7.11 Å². The van der Waals surface area contributed by atoms with Crippen molar-refractivity contribution in [2.75, 3.05) is 20.3 Å². The van der Waals surface area contributed by atoms with E-state index < -0.39 is 6.09 Å². The molecule has 3 fully saturated rings. The Bertz CT molecular complexity index is 721. The highest BCUT2D eigenvalue weighted by Crippen LogP contribution is 2.59. The Morgan fingerprint density at radius 2 is 1.94 bits per heavy atom. The maximum atomic E-state index is 12.9. The molecule has 0 aromatic rings. The first-order valence-electron chi connectivity index (χ1n) is 12.4. The second-order valence-corrected chi connectivity index (χ2v) is 11.7. The van der Waals surface area contributed by atoms with Crippen LogP contribution in [0.4, 0.5) is 4.79 Å². The number of carbonyl (C=O) groups is 1. The number of nitrogens with one attached hydrogen (secondary N) is 1. The van der Waals surface area contributed by atoms with Gasteiger partial charge in [-0.15, -0.1) is 0 Å². The first-order valence-corrected chi connectivity index (χ1v) is 12.4. The molecule has 1 amide bonds. The first-order chi connectivity index (χ1) is 15.3. The number of methoxy groups -OCH3 is 1. The Morgan fingerprint density at radius 1 is 1.27 bits per heavy atom. The number of ether oxygens (including phenoxy) is 5. The zero-order valence-electron chi connectivity index (χ0n) is 22.0. The molecule has 190 valence electrons. The third-order valence-corrected chi connectivity index (χ3v) is 7.30. The third kappa shape index (κ3) is 6.30. The Labute approximate surface area is 199 Å². The number of hydrogen-bond donors (Lipinski definition) is 1. The van der Waals surface area contributed by atoms with Crippen LogP contribution >= 0.6 is 0 Å². The van der Waals surface area contributed by atoms with E-state index in [9.17, 15) is 4.79 Å². The highest BCUT2D eigenvalue weighted by atomic mass is 16.6. The van der Waals surface area contributed by atoms with Crippen molar-refractivity contribution in [3.63, 3.8) is 0 Å². The minimum absolute atomic E-state index is 0.0160. The van der Waals surface area contributed by atoms with Crippen molar-refractivity contribution >= 4 is 6.09 Å². The maximum absolute atomic E-state index is 12.9. The van der Waals surface area contributed by atoms with Gasteiger partial charge in [-0.3, -0.25) is 0 Å². The van der Waals surface area contributed by atoms with Crippen molar-refractivity contribution in [3.8, 4) is 0 Å². The summed E-state index contributed by atoms with van der Waals surface area (Å²) in [6.45, 7) is 17.7. The standard InChI is InChI=1S/C26H45NO6/c1-16(2)10-11-20-25(8,33-20)22-21(29-9)19(12-13-26(22)15-31-26)32-23(28)27-18(17(3)4)14-30-24(5,6)7/h10,17-22H,11-15H2,1-9H3,(H,27,28)/t18-,19+,20+,21+,22+,25-,26-/m0/s1. The summed E-state index contributed by atoms with van der Waals surface area (Å²) in [5, 5.41) is 3.02. The molecule has 7 heteroatoms. The topological polar surface area (TPSA) is 81.9 Å². The number of alkyl carbamates (subject to hydrolysis) is 1. The highest BCUT2D eigenvalue weighted by molar-refractivity contribution is 5.68. The number of carbonyl (C=O) groups excluding carboxylic acids is 1. The SMILES string of the molecule is CO[C@@H]1[C@H](OC(=O)N[C@@H](COC(C)(C)C)C(C)C)CC[C@]2(CO2)[C@H]1[C@@]1(C)O[C@@H]1CC=C(C)C. The number of epoxide rings is 2. The monoisotopic (exact) mass is 467 g/mol. The van der Waals surface area contributed by atoms with E-state index in [0.717, 1.165) is 12.8 Å². The van der Waals surface area contributed by atoms with Gasteiger partial charge in [0.1, 0.15) is 23.4 Å². The number of hydrogen-bond acceptors (Lipinski definition) is 6. The van der Waals surface area contributed by atoms with Gasteiger partial charge >= 0.3 is 6.09 Å². The molecular weight excluding hydrogens is 422 g/mol. The minimum Gasteiger partial charge on any atom is -0.443 e. The van der Waals surface area contributed by atoms with Gasteiger partial charge in [0.05, 0.1) is 36.9 Å². The van der Waals surface area contributed by atoms with E-state index >= 15 is 0 Å². The number of amides is 1. The van der Waals surface area contributed by atoms with Crippen LogP contribution in [-0.2, 0) is 23.7 Å². The summed E-state index contributed by atoms with van der Waals surface area (Å²) in [6.07, 6.45) is 3.71. The van der Waals surface area contributed by atoms with Gasteiger partial charge in [-0.25, -0.2) is 4.79 Å². The average molecular weight is 468 g/mol. The molecule has 0 aromatic carbocycles. The molecule has 0 aromatic heterocycles. The second-order valence-electron chi connectivity index (χ2n) is 11.7. The average Bonchev–Trinajstić information content (AvgIpc) is 3.61. The molecule has 0 radical (unpaired) electrons. The zero-order valence-corrected chi connectivity index (χ0v) is 22.0. The van der Waals surface area contributed by atoms with Crippen molar-refractivity contribution < 1.29 is 28.5 Å². The predicted octanol–water partition coefficient (Wildman–Crippen LogP) is 4.63. The van der Waals surface area contributed by atoms with Crippen LogP contribution in [0.25, 0.3) is 0 Å². The Morgan fingerprint density at radius 3 is 2.45 bits per heavy atom. The van der Waals surface area contributed by atoms with Crippen molar-refractivity contribution in [2.45, 2.75) is 116 Å². The Balaban J connectivity index is 1.66. The van der Waals surface area contributed by atoms with Crippen LogP contribution in [0.3, 0.4) is 0 Å². The molecule has 33 heavy (non-hydrogen) atoms. The van der Waals surface area contributed by atoms with Crippen molar-refractivity contribution in [2.24, 2.45) is 11.8 Å². The molecule has 1 spiro atoms. The lowest BCUT2D eigenvalue weighted by molar-refractivity contribution is -0.118. The zero-order chi connectivity index (χ0) is 24.6. The first kappa shape index (κ1) is 26.5. The lowest BCUT2D eigenvalue weighted by Gasteiger charge is -2.42. The quantitative estimate of drug-likeness (QED) is 0.393. The van der Waals surface area contributed by atoms with E-state index in [1.54, 1.807) is 7.11 Å². The van der Waals surface area contributed by atoms with Crippen LogP contribution in [0.2, 0.25) is 0 Å². The number of allylic oxidation sites excluding steroid dienone is 1. The van der Waals surface area contributed by atoms with Gasteiger partial charge in [0.25, 0.3) is 0 Å². The molecule has 2 aliphatic heterocycles. The molecule has 3 aliphatic rings. The molecule has 7 nitrogen and oxygen atoms in total. The van der Waals surface area contributed by atoms with Crippen LogP contribution in [0.5, 0.6) is 0 Å². The highest BCUT2D eigenvalue weighted by Gasteiger charge is 2.72. The summed E-state index contributed by atoms with van der Waals surface area (Å²) in [4.78, 5) is 12.9. The second kappa shape index (κ2) is 9.84. The van der Waals surface area contributed by atoms with E-state index in [4.69, 9.17) is 23.7 Å². The Kier molecular flexibility index (Phi) is 7.89. The molecular formula is C26H45NO6. The summed E-state index contributed by atoms with van der Waals surface area (Å²) < 4.78 is 30.1. The number of rotatable bonds is 9. The summed E-state index contributed by atoms with van der Waals surface area (Å²) in [5.74, 6) is 0.234. The lowest BCUT2D eigenvalue weighted by atomic mass is 9.68. The molecule has 7 atom stereocenters. The molecule has 0 unspecified atom stereocenters. The largest absolute Gasteiger partial charge is 0.443 e. The normalized spacial score (nSPS) is 36.4. The minimum atomic E-state index is -0.423. The van der Waals surface area contributed by atoms with Gasteiger partial charge < -0.3 is 29.0 Å². The predicted molar refractivity (Wildman–Crippen MR) is 127 cm³/mol. The van der Waals surface area contributed by atoms with Gasteiger partial charge in [-0.2, -0.15) is 0 Å². The lowest BCUT2D eigenvalue weighted by Crippen LogP contribution is -2.56. The fourth-order valence-electron chi connectivity index (χ4n) is 5.13. The fourth-order valence-corrected chi connectivity index (χ4v) is 5.13. The third-order valence-electron chi connectivity index (χ3n) is 7.30. The van der Waals surface area contributed by atoms with Crippen LogP contribution in [0.15, 0.2) is 11.6 Å². The molecule has 2 saturated heterocycles. The summed E-state index contributed by atoms with van der Waals surface area (Å²) in [5.41, 5.74) is 0.441. The van der Waals surface area contributed by atoms with Gasteiger partial charge in [-0.05, 0) is 66.7 Å². The van der Waals surface area contributed by atoms with Crippen LogP contribution in [0, 0.1) is 11.8 Å². The fraction of sp³-hybridized carbons (Fsp3) is 0.885. The van der Waals surface area contributed by atoms with E-state index in [2.05, 4.69) is 46.0 Å². The molecule has 1 saturated carbocycles. The van der Waals surface area contributed by atoms with E-state index in [1.165, 1.54) is 5.57 Å². The Hall–Kier alpha value is -1.15. The van der Waals surface area contributed by atoms with E-state index in [0.29, 0.717) is 19.6 Å². The van der Waals surface area contributed by atoms with Crippen molar-refractivity contribution in [1.82, 2.24) is 5.32 Å². The van der Waals surface area contributed by atoms with Gasteiger partial charge in [-0.1, -0.05) is 25.5 Å². The maximum Gasteiger partial charge on any atom is 0.407 e. The van der Waals surface area contributed by atoms with E-state index in [1.807, 2.05) is 20.8 Å². The van der Waals surface area contributed by atoms with Crippen molar-refractivity contribution in [1.29, 1.82) is 0 Å². The summed E-state index contributed by atoms with van der Waals surface area (Å²) >= 11 is 0. The summed E-state index contributed by atoms with van der Waals surface area (Å²) in [6, 6.07) is -0.132. The van der Waals surface area contributed by atoms with Crippen molar-refractivity contribution in [3.05, 3.63) is 11.6 Å². The molecule has 1 aliphatic carbocycles. The van der Waals surface area contributed by atoms with Crippen LogP contribution in [-0.4, -0.2) is 67.6 Å². The van der Waals surface area contributed by atoms with Gasteiger partial charge in [0.2, 0.25) is 0 Å². The molecule has 3 rings (SSSR count).